The Morgan fingerprint density at radius 3 is 2.89 bits per heavy atom. The van der Waals surface area contributed by atoms with E-state index in [1.807, 2.05) is 11.8 Å². The highest BCUT2D eigenvalue weighted by Crippen LogP contribution is 2.21. The molecule has 1 aliphatic rings. The molecule has 2 unspecified atom stereocenters. The van der Waals surface area contributed by atoms with E-state index in [2.05, 4.69) is 43.4 Å². The first-order chi connectivity index (χ1) is 8.79. The van der Waals surface area contributed by atoms with Crippen LogP contribution >= 0.6 is 11.8 Å². The van der Waals surface area contributed by atoms with Crippen LogP contribution < -0.4 is 5.32 Å². The standard InChI is InChI=1S/C16H25NS/c1-3-18-11-10-13(2)17-16-9-8-14-6-4-5-7-15(14)12-16/h4-7,13,16-17H,3,8-12H2,1-2H3. The first-order valence-corrected chi connectivity index (χ1v) is 8.35. The summed E-state index contributed by atoms with van der Waals surface area (Å²) in [5, 5.41) is 3.81. The molecule has 0 spiro atoms. The fourth-order valence-electron chi connectivity index (χ4n) is 2.73. The van der Waals surface area contributed by atoms with E-state index >= 15 is 0 Å². The molecule has 18 heavy (non-hydrogen) atoms. The van der Waals surface area contributed by atoms with Crippen LogP contribution in [0.4, 0.5) is 0 Å². The molecule has 0 heterocycles. The maximum Gasteiger partial charge on any atom is 0.0113 e. The number of rotatable bonds is 6. The summed E-state index contributed by atoms with van der Waals surface area (Å²) < 4.78 is 0. The van der Waals surface area contributed by atoms with Crippen molar-refractivity contribution in [3.05, 3.63) is 35.4 Å². The van der Waals surface area contributed by atoms with Crippen LogP contribution in [0.1, 0.15) is 37.8 Å². The maximum atomic E-state index is 3.81. The maximum absolute atomic E-state index is 3.81. The quantitative estimate of drug-likeness (QED) is 0.786. The molecular formula is C16H25NS. The van der Waals surface area contributed by atoms with Crippen LogP contribution in [0.5, 0.6) is 0 Å². The number of thioether (sulfide) groups is 1. The molecule has 2 heteroatoms. The lowest BCUT2D eigenvalue weighted by atomic mass is 9.88. The fourth-order valence-corrected chi connectivity index (χ4v) is 3.54. The van der Waals surface area contributed by atoms with Gasteiger partial charge in [0.25, 0.3) is 0 Å². The summed E-state index contributed by atoms with van der Waals surface area (Å²) in [6, 6.07) is 10.2. The first kappa shape index (κ1) is 14.0. The van der Waals surface area contributed by atoms with E-state index in [1.165, 1.54) is 37.2 Å². The Morgan fingerprint density at radius 1 is 1.33 bits per heavy atom. The van der Waals surface area contributed by atoms with Crippen molar-refractivity contribution < 1.29 is 0 Å². The number of hydrogen-bond acceptors (Lipinski definition) is 2. The zero-order valence-corrected chi connectivity index (χ0v) is 12.4. The minimum Gasteiger partial charge on any atom is -0.311 e. The van der Waals surface area contributed by atoms with E-state index in [9.17, 15) is 0 Å². The van der Waals surface area contributed by atoms with Crippen molar-refractivity contribution in [1.29, 1.82) is 0 Å². The molecule has 1 aromatic carbocycles. The van der Waals surface area contributed by atoms with Crippen LogP contribution in [0.15, 0.2) is 24.3 Å². The molecule has 1 aromatic rings. The Bertz CT molecular complexity index is 364. The molecule has 0 radical (unpaired) electrons. The van der Waals surface area contributed by atoms with Crippen molar-refractivity contribution in [3.8, 4) is 0 Å². The van der Waals surface area contributed by atoms with Gasteiger partial charge in [0.1, 0.15) is 0 Å². The van der Waals surface area contributed by atoms with Crippen molar-refractivity contribution in [2.24, 2.45) is 0 Å². The van der Waals surface area contributed by atoms with Gasteiger partial charge in [0.15, 0.2) is 0 Å². The summed E-state index contributed by atoms with van der Waals surface area (Å²) in [5.74, 6) is 2.53. The van der Waals surface area contributed by atoms with Gasteiger partial charge in [-0.1, -0.05) is 31.2 Å². The number of aryl methyl sites for hydroxylation is 1. The third-order valence-corrected chi connectivity index (χ3v) is 4.70. The third kappa shape index (κ3) is 4.03. The van der Waals surface area contributed by atoms with Crippen molar-refractivity contribution in [3.63, 3.8) is 0 Å². The molecule has 0 bridgehead atoms. The topological polar surface area (TPSA) is 12.0 Å². The minimum atomic E-state index is 0.652. The summed E-state index contributed by atoms with van der Waals surface area (Å²) >= 11 is 2.05. The van der Waals surface area contributed by atoms with E-state index < -0.39 is 0 Å². The molecule has 0 saturated carbocycles. The summed E-state index contributed by atoms with van der Waals surface area (Å²) in [7, 11) is 0. The van der Waals surface area contributed by atoms with Gasteiger partial charge in [0, 0.05) is 12.1 Å². The third-order valence-electron chi connectivity index (χ3n) is 3.77. The van der Waals surface area contributed by atoms with E-state index in [0.29, 0.717) is 12.1 Å². The van der Waals surface area contributed by atoms with Gasteiger partial charge < -0.3 is 5.32 Å². The predicted molar refractivity (Wildman–Crippen MR) is 82.5 cm³/mol. The normalized spacial score (nSPS) is 20.4. The fraction of sp³-hybridized carbons (Fsp3) is 0.625. The van der Waals surface area contributed by atoms with Gasteiger partial charge in [-0.05, 0) is 55.2 Å². The van der Waals surface area contributed by atoms with Gasteiger partial charge >= 0.3 is 0 Å². The van der Waals surface area contributed by atoms with E-state index in [-0.39, 0.29) is 0 Å². The van der Waals surface area contributed by atoms with Gasteiger partial charge in [0.2, 0.25) is 0 Å². The average Bonchev–Trinajstić information content (AvgIpc) is 2.39. The molecule has 0 aromatic heterocycles. The molecule has 100 valence electrons. The molecule has 0 amide bonds. The highest BCUT2D eigenvalue weighted by molar-refractivity contribution is 7.99. The van der Waals surface area contributed by atoms with E-state index in [0.717, 1.165) is 0 Å². The molecule has 1 aliphatic carbocycles. The van der Waals surface area contributed by atoms with Gasteiger partial charge in [-0.3, -0.25) is 0 Å². The minimum absolute atomic E-state index is 0.652. The SMILES string of the molecule is CCSCCC(C)NC1CCc2ccccc2C1. The smallest absolute Gasteiger partial charge is 0.0113 e. The van der Waals surface area contributed by atoms with Gasteiger partial charge in [-0.2, -0.15) is 11.8 Å². The van der Waals surface area contributed by atoms with Crippen LogP contribution in [0.25, 0.3) is 0 Å². The molecule has 0 aliphatic heterocycles. The molecular weight excluding hydrogens is 238 g/mol. The second-order valence-corrected chi connectivity index (χ2v) is 6.66. The number of benzene rings is 1. The van der Waals surface area contributed by atoms with Gasteiger partial charge in [0.05, 0.1) is 0 Å². The largest absolute Gasteiger partial charge is 0.311 e. The second-order valence-electron chi connectivity index (χ2n) is 5.26. The predicted octanol–water partition coefficient (Wildman–Crippen LogP) is 3.67. The zero-order chi connectivity index (χ0) is 12.8. The Hall–Kier alpha value is -0.470. The lowest BCUT2D eigenvalue weighted by Gasteiger charge is -2.28. The van der Waals surface area contributed by atoms with Crippen LogP contribution in [0, 0.1) is 0 Å². The van der Waals surface area contributed by atoms with E-state index in [4.69, 9.17) is 0 Å². The van der Waals surface area contributed by atoms with Crippen LogP contribution in [0.3, 0.4) is 0 Å². The molecule has 1 nitrogen and oxygen atoms in total. The molecule has 2 rings (SSSR count). The Labute approximate surface area is 116 Å². The highest BCUT2D eigenvalue weighted by atomic mass is 32.2. The van der Waals surface area contributed by atoms with Crippen LogP contribution in [0.2, 0.25) is 0 Å². The Balaban J connectivity index is 1.79. The lowest BCUT2D eigenvalue weighted by molar-refractivity contribution is 0.402. The van der Waals surface area contributed by atoms with E-state index in [1.54, 1.807) is 11.1 Å². The van der Waals surface area contributed by atoms with Crippen molar-refractivity contribution in [2.75, 3.05) is 11.5 Å². The molecule has 0 saturated heterocycles. The number of fused-ring (bicyclic) bond motifs is 1. The molecule has 2 atom stereocenters. The highest BCUT2D eigenvalue weighted by Gasteiger charge is 2.19. The van der Waals surface area contributed by atoms with Gasteiger partial charge in [-0.25, -0.2) is 0 Å². The Morgan fingerprint density at radius 2 is 2.11 bits per heavy atom. The summed E-state index contributed by atoms with van der Waals surface area (Å²) in [5.41, 5.74) is 3.11. The zero-order valence-electron chi connectivity index (χ0n) is 11.6. The monoisotopic (exact) mass is 263 g/mol. The van der Waals surface area contributed by atoms with Crippen molar-refractivity contribution in [1.82, 2.24) is 5.32 Å². The second kappa shape index (κ2) is 7.20. The summed E-state index contributed by atoms with van der Waals surface area (Å²) in [6.45, 7) is 4.57. The lowest BCUT2D eigenvalue weighted by Crippen LogP contribution is -2.40. The number of hydrogen-bond donors (Lipinski definition) is 1. The van der Waals surface area contributed by atoms with Gasteiger partial charge in [-0.15, -0.1) is 0 Å². The number of nitrogens with one attached hydrogen (secondary N) is 1. The van der Waals surface area contributed by atoms with Crippen molar-refractivity contribution >= 4 is 11.8 Å². The van der Waals surface area contributed by atoms with Crippen LogP contribution in [-0.4, -0.2) is 23.6 Å². The van der Waals surface area contributed by atoms with Crippen LogP contribution in [-0.2, 0) is 12.8 Å². The summed E-state index contributed by atoms with van der Waals surface area (Å²) in [4.78, 5) is 0. The first-order valence-electron chi connectivity index (χ1n) is 7.20. The Kier molecular flexibility index (Phi) is 5.58. The average molecular weight is 263 g/mol. The molecule has 0 fully saturated rings. The van der Waals surface area contributed by atoms with Crippen molar-refractivity contribution in [2.45, 2.75) is 51.6 Å². The molecule has 1 N–H and O–H groups in total. The summed E-state index contributed by atoms with van der Waals surface area (Å²) in [6.07, 6.45) is 5.03.